The van der Waals surface area contributed by atoms with Crippen LogP contribution in [0.1, 0.15) is 36.3 Å². The van der Waals surface area contributed by atoms with E-state index in [0.29, 0.717) is 6.54 Å². The van der Waals surface area contributed by atoms with Crippen LogP contribution < -0.4 is 62.0 Å². The summed E-state index contributed by atoms with van der Waals surface area (Å²) in [5.74, 6) is -0.607. The second-order valence-corrected chi connectivity index (χ2v) is 5.59. The maximum Gasteiger partial charge on any atom is 2.00 e. The van der Waals surface area contributed by atoms with Gasteiger partial charge in [0.05, 0.1) is 5.91 Å². The van der Waals surface area contributed by atoms with Crippen molar-refractivity contribution in [1.29, 1.82) is 0 Å². The van der Waals surface area contributed by atoms with E-state index < -0.39 is 18.0 Å². The summed E-state index contributed by atoms with van der Waals surface area (Å²) >= 11 is 0. The Balaban J connectivity index is 0. The van der Waals surface area contributed by atoms with Crippen LogP contribution in [0.3, 0.4) is 0 Å². The topological polar surface area (TPSA) is 131 Å². The molecule has 0 spiro atoms. The number of nitrogens with zero attached hydrogens (tertiary/aromatic N) is 1. The number of carbonyl (C=O) groups is 1. The summed E-state index contributed by atoms with van der Waals surface area (Å²) in [6.45, 7) is 4.75. The molecule has 140 valence electrons. The predicted octanol–water partition coefficient (Wildman–Crippen LogP) is -1.20. The van der Waals surface area contributed by atoms with Crippen molar-refractivity contribution in [2.24, 2.45) is 0 Å². The first-order chi connectivity index (χ1) is 11.0. The maximum absolute atomic E-state index is 14.4. The zero-order chi connectivity index (χ0) is 16.8. The standard InChI is InChI=1S/C16H21FN4O2.K.H2O.W/c1-10(22)21-9-19-7-11-5-13(12-3-2-4-12)16(14(17)6-11)20-8-15(18)23;;;/h5-6,9,12,15,18-19,23H,1-4,7-8H2,(H,21,22);;1H2;/q-4;+1;;+2. The van der Waals surface area contributed by atoms with Crippen LogP contribution in [-0.2, 0) is 32.4 Å². The van der Waals surface area contributed by atoms with Gasteiger partial charge >= 0.3 is 72.4 Å². The molecule has 7 nitrogen and oxygen atoms in total. The minimum absolute atomic E-state index is 0. The Morgan fingerprint density at radius 1 is 1.50 bits per heavy atom. The third-order valence-electron chi connectivity index (χ3n) is 3.76. The molecule has 10 heteroatoms. The first kappa shape index (κ1) is 28.7. The molecule has 26 heavy (non-hydrogen) atoms. The molecule has 1 aliphatic carbocycles. The summed E-state index contributed by atoms with van der Waals surface area (Å²) in [6, 6.07) is 3.28. The largest absolute Gasteiger partial charge is 2.00 e. The second kappa shape index (κ2) is 14.5. The van der Waals surface area contributed by atoms with E-state index in [0.717, 1.165) is 30.4 Å². The quantitative estimate of drug-likeness (QED) is 0.210. The summed E-state index contributed by atoms with van der Waals surface area (Å²) < 4.78 is 14.4. The fraction of sp³-hybridized carbons (Fsp3) is 0.438. The van der Waals surface area contributed by atoms with Crippen molar-refractivity contribution in [3.63, 3.8) is 0 Å². The van der Waals surface area contributed by atoms with E-state index in [4.69, 9.17) is 10.8 Å². The van der Waals surface area contributed by atoms with Crippen molar-refractivity contribution < 1.29 is 92.2 Å². The summed E-state index contributed by atoms with van der Waals surface area (Å²) in [7, 11) is 0. The van der Waals surface area contributed by atoms with Gasteiger partial charge in [0.2, 0.25) is 0 Å². The molecule has 1 atom stereocenters. The van der Waals surface area contributed by atoms with Crippen LogP contribution in [0.25, 0.3) is 11.1 Å². The summed E-state index contributed by atoms with van der Waals surface area (Å²) in [5.41, 5.74) is 8.93. The molecule has 0 bridgehead atoms. The molecule has 0 heterocycles. The molecular weight excluding hydrogens is 538 g/mol. The van der Waals surface area contributed by atoms with Gasteiger partial charge in [0.25, 0.3) is 0 Å². The number of amides is 1. The van der Waals surface area contributed by atoms with E-state index in [1.165, 1.54) is 12.7 Å². The van der Waals surface area contributed by atoms with E-state index in [-0.39, 0.29) is 96.1 Å². The van der Waals surface area contributed by atoms with Crippen LogP contribution in [0.2, 0.25) is 0 Å². The van der Waals surface area contributed by atoms with Gasteiger partial charge in [-0.3, -0.25) is 0 Å². The Bertz CT molecular complexity index is 563. The predicted molar refractivity (Wildman–Crippen MR) is 89.5 cm³/mol. The first-order valence-corrected chi connectivity index (χ1v) is 7.54. The number of aliphatic hydroxyl groups is 1. The van der Waals surface area contributed by atoms with Gasteiger partial charge in [0.1, 0.15) is 5.82 Å². The molecule has 1 aliphatic rings. The van der Waals surface area contributed by atoms with Gasteiger partial charge in [-0.2, -0.15) is 6.67 Å². The minimum atomic E-state index is -1.34. The maximum atomic E-state index is 14.4. The molecule has 1 aromatic carbocycles. The van der Waals surface area contributed by atoms with Crippen molar-refractivity contribution in [3.8, 4) is 0 Å². The number of rotatable bonds is 8. The summed E-state index contributed by atoms with van der Waals surface area (Å²) in [4.78, 5) is 10.7. The van der Waals surface area contributed by atoms with Gasteiger partial charge in [-0.05, 0) is 36.9 Å². The smallest absolute Gasteiger partial charge is 0.681 e. The van der Waals surface area contributed by atoms with Crippen molar-refractivity contribution in [3.05, 3.63) is 53.7 Å². The third-order valence-corrected chi connectivity index (χ3v) is 3.76. The van der Waals surface area contributed by atoms with Crippen LogP contribution in [0, 0.1) is 19.4 Å². The van der Waals surface area contributed by atoms with E-state index >= 15 is 0 Å². The van der Waals surface area contributed by atoms with Crippen LogP contribution >= 0.6 is 0 Å². The van der Waals surface area contributed by atoms with Gasteiger partial charge in [-0.25, -0.2) is 4.39 Å². The fourth-order valence-corrected chi connectivity index (χ4v) is 2.46. The third kappa shape index (κ3) is 9.10. The Kier molecular flexibility index (Phi) is 15.9. The van der Waals surface area contributed by atoms with Crippen molar-refractivity contribution in [2.45, 2.75) is 38.0 Å². The Hall–Kier alpha value is 0.455. The SMILES string of the molecule is O.[CH2-]C(=O)N[CH-]NCc1cc(F)c([N-]CC([NH-])O)c(C2CCC2)c1.[K+].[W+2]. The van der Waals surface area contributed by atoms with Gasteiger partial charge in [0, 0.05) is 0 Å². The van der Waals surface area contributed by atoms with Crippen molar-refractivity contribution >= 4 is 11.6 Å². The van der Waals surface area contributed by atoms with Gasteiger partial charge in [-0.15, -0.1) is 6.54 Å². The van der Waals surface area contributed by atoms with E-state index in [1.807, 2.05) is 6.07 Å². The average Bonchev–Trinajstić information content (AvgIpc) is 2.40. The molecule has 0 aromatic heterocycles. The number of hydrogen-bond acceptors (Lipinski definition) is 3. The zero-order valence-electron chi connectivity index (χ0n) is 14.7. The molecular formula is C16H23FKN4O3W-. The molecule has 0 aliphatic heterocycles. The van der Waals surface area contributed by atoms with Crippen molar-refractivity contribution in [2.75, 3.05) is 6.54 Å². The summed E-state index contributed by atoms with van der Waals surface area (Å²) in [5, 5.41) is 18.4. The zero-order valence-corrected chi connectivity index (χ0v) is 20.8. The molecule has 1 unspecified atom stereocenters. The van der Waals surface area contributed by atoms with Gasteiger partial charge in [-0.1, -0.05) is 30.0 Å². The Labute approximate surface area is 210 Å². The number of aliphatic hydroxyl groups excluding tert-OH is 1. The van der Waals surface area contributed by atoms with Crippen molar-refractivity contribution in [1.82, 2.24) is 10.6 Å². The molecule has 6 N–H and O–H groups in total. The number of halogens is 1. The van der Waals surface area contributed by atoms with Crippen LogP contribution in [0.15, 0.2) is 12.1 Å². The summed E-state index contributed by atoms with van der Waals surface area (Å²) in [6.07, 6.45) is 1.75. The number of nitrogens with one attached hydrogen (secondary N) is 3. The van der Waals surface area contributed by atoms with E-state index in [2.05, 4.69) is 22.9 Å². The van der Waals surface area contributed by atoms with Crippen LogP contribution in [0.4, 0.5) is 10.1 Å². The molecule has 1 fully saturated rings. The minimum Gasteiger partial charge on any atom is -0.681 e. The number of hydrogen-bond donors (Lipinski definition) is 3. The first-order valence-electron chi connectivity index (χ1n) is 7.54. The van der Waals surface area contributed by atoms with E-state index in [9.17, 15) is 9.18 Å². The fourth-order valence-electron chi connectivity index (χ4n) is 2.46. The molecule has 1 aromatic rings. The van der Waals surface area contributed by atoms with Crippen LogP contribution in [-0.4, -0.2) is 29.3 Å². The van der Waals surface area contributed by atoms with Gasteiger partial charge in [0.15, 0.2) is 0 Å². The normalized spacial score (nSPS) is 14.0. The Morgan fingerprint density at radius 2 is 2.15 bits per heavy atom. The molecule has 1 amide bonds. The molecule has 2 rings (SSSR count). The van der Waals surface area contributed by atoms with Gasteiger partial charge < -0.3 is 44.0 Å². The number of benzene rings is 1. The van der Waals surface area contributed by atoms with Crippen LogP contribution in [0.5, 0.6) is 0 Å². The molecule has 0 saturated heterocycles. The Morgan fingerprint density at radius 3 is 2.65 bits per heavy atom. The van der Waals surface area contributed by atoms with E-state index in [1.54, 1.807) is 0 Å². The molecule has 0 radical (unpaired) electrons. The average molecular weight is 561 g/mol. The second-order valence-electron chi connectivity index (χ2n) is 5.59. The number of carbonyl (C=O) groups excluding carboxylic acids is 1. The molecule has 1 saturated carbocycles. The monoisotopic (exact) mass is 561 g/mol.